The smallest absolute Gasteiger partial charge is 0.284 e. The number of ketones is 1. The van der Waals surface area contributed by atoms with Crippen LogP contribution >= 0.6 is 12.2 Å². The number of rotatable bonds is 5. The molecule has 0 aliphatic carbocycles. The molecule has 0 radical (unpaired) electrons. The lowest BCUT2D eigenvalue weighted by Crippen LogP contribution is -2.01. The number of carbonyl (C=O) groups is 1. The molecule has 3 aromatic carbocycles. The van der Waals surface area contributed by atoms with Crippen molar-refractivity contribution in [1.29, 1.82) is 0 Å². The van der Waals surface area contributed by atoms with Crippen molar-refractivity contribution >= 4 is 40.4 Å². The first-order valence-electron chi connectivity index (χ1n) is 8.53. The first-order valence-corrected chi connectivity index (χ1v) is 8.94. The summed E-state index contributed by atoms with van der Waals surface area (Å²) in [6.45, 7) is 0. The molecule has 0 saturated carbocycles. The minimum absolute atomic E-state index is 0.00814. The van der Waals surface area contributed by atoms with Gasteiger partial charge in [0.15, 0.2) is 5.78 Å². The summed E-state index contributed by atoms with van der Waals surface area (Å²) in [5.74, 6) is 0.323. The van der Waals surface area contributed by atoms with E-state index < -0.39 is 0 Å². The van der Waals surface area contributed by atoms with Crippen molar-refractivity contribution in [3.63, 3.8) is 0 Å². The van der Waals surface area contributed by atoms with Crippen LogP contribution in [0.2, 0.25) is 0 Å². The normalized spacial score (nSPS) is 11.6. The molecule has 1 N–H and O–H groups in total. The average molecular weight is 372 g/mol. The molecule has 0 amide bonds. The quantitative estimate of drug-likeness (QED) is 0.361. The number of carbonyl (C=O) groups excluding carboxylic acids is 1. The van der Waals surface area contributed by atoms with Gasteiger partial charge in [0, 0.05) is 17.6 Å². The van der Waals surface area contributed by atoms with Crippen LogP contribution in [0.5, 0.6) is 0 Å². The van der Waals surface area contributed by atoms with E-state index >= 15 is 0 Å². The second kappa shape index (κ2) is 7.51. The van der Waals surface area contributed by atoms with Gasteiger partial charge in [0.25, 0.3) is 4.84 Å². The molecule has 1 aromatic heterocycles. The predicted molar refractivity (Wildman–Crippen MR) is 109 cm³/mol. The number of aromatic nitrogens is 2. The molecule has 0 unspecified atom stereocenters. The van der Waals surface area contributed by atoms with Crippen LogP contribution < -0.4 is 0 Å². The Morgan fingerprint density at radius 3 is 2.52 bits per heavy atom. The Labute approximate surface area is 161 Å². The number of fused-ring (bicyclic) bond motifs is 1. The molecule has 0 saturated heterocycles. The summed E-state index contributed by atoms with van der Waals surface area (Å²) < 4.78 is 5.49. The Bertz CT molecular complexity index is 1180. The van der Waals surface area contributed by atoms with E-state index in [0.29, 0.717) is 17.0 Å². The Morgan fingerprint density at radius 1 is 1.00 bits per heavy atom. The van der Waals surface area contributed by atoms with Crippen molar-refractivity contribution in [2.24, 2.45) is 0 Å². The van der Waals surface area contributed by atoms with Crippen LogP contribution in [-0.4, -0.2) is 16.0 Å². The van der Waals surface area contributed by atoms with E-state index in [2.05, 4.69) is 28.4 Å². The molecule has 0 fully saturated rings. The molecule has 0 aliphatic rings. The van der Waals surface area contributed by atoms with Crippen LogP contribution in [0.4, 0.5) is 0 Å². The highest BCUT2D eigenvalue weighted by Crippen LogP contribution is 2.26. The zero-order valence-electron chi connectivity index (χ0n) is 14.4. The Balaban J connectivity index is 1.79. The number of nitrogens with one attached hydrogen (secondary N) is 1. The number of Topliss-reactive ketones (excluding diaryl/α,β-unsaturated/α-hetero) is 1. The summed E-state index contributed by atoms with van der Waals surface area (Å²) in [6, 6.07) is 23.4. The van der Waals surface area contributed by atoms with E-state index in [1.54, 1.807) is 12.1 Å². The van der Waals surface area contributed by atoms with Gasteiger partial charge in [0.05, 0.1) is 0 Å². The Morgan fingerprint density at radius 2 is 1.74 bits per heavy atom. The fraction of sp³-hybridized carbons (Fsp3) is 0.0455. The number of nitrogens with zero attached hydrogens (tertiary/aromatic N) is 1. The number of hydrogen-bond donors (Lipinski definition) is 1. The monoisotopic (exact) mass is 372 g/mol. The van der Waals surface area contributed by atoms with Crippen molar-refractivity contribution in [2.45, 2.75) is 6.42 Å². The number of H-pyrrole nitrogens is 1. The van der Waals surface area contributed by atoms with Gasteiger partial charge in [0.2, 0.25) is 5.89 Å². The van der Waals surface area contributed by atoms with Crippen LogP contribution in [0.25, 0.3) is 22.4 Å². The summed E-state index contributed by atoms with van der Waals surface area (Å²) in [6.07, 6.45) is 2.11. The zero-order chi connectivity index (χ0) is 18.6. The zero-order valence-corrected chi connectivity index (χ0v) is 15.2. The molecule has 0 aliphatic heterocycles. The van der Waals surface area contributed by atoms with Crippen molar-refractivity contribution in [3.8, 4) is 0 Å². The third kappa shape index (κ3) is 3.78. The van der Waals surface area contributed by atoms with E-state index in [1.807, 2.05) is 48.5 Å². The SMILES string of the molecule is O=C(C/C(=C/c1cccc2ccccc12)c1n[nH]c(=S)o1)c1ccccc1. The van der Waals surface area contributed by atoms with E-state index in [0.717, 1.165) is 16.3 Å². The second-order valence-corrected chi connectivity index (χ2v) is 6.49. The molecule has 5 heteroatoms. The van der Waals surface area contributed by atoms with Crippen molar-refractivity contribution in [3.05, 3.63) is 94.7 Å². The summed E-state index contributed by atoms with van der Waals surface area (Å²) in [7, 11) is 0. The van der Waals surface area contributed by atoms with Gasteiger partial charge >= 0.3 is 0 Å². The van der Waals surface area contributed by atoms with E-state index in [-0.39, 0.29) is 17.0 Å². The van der Waals surface area contributed by atoms with Crippen molar-refractivity contribution in [1.82, 2.24) is 10.2 Å². The lowest BCUT2D eigenvalue weighted by atomic mass is 9.98. The molecule has 27 heavy (non-hydrogen) atoms. The first-order chi connectivity index (χ1) is 13.2. The van der Waals surface area contributed by atoms with Crippen LogP contribution in [-0.2, 0) is 0 Å². The minimum Gasteiger partial charge on any atom is -0.410 e. The number of hydrogen-bond acceptors (Lipinski definition) is 4. The summed E-state index contributed by atoms with van der Waals surface area (Å²) in [5.41, 5.74) is 2.32. The summed E-state index contributed by atoms with van der Waals surface area (Å²) in [4.78, 5) is 12.9. The third-order valence-electron chi connectivity index (χ3n) is 4.31. The van der Waals surface area contributed by atoms with Crippen molar-refractivity contribution < 1.29 is 9.21 Å². The molecule has 132 valence electrons. The largest absolute Gasteiger partial charge is 0.410 e. The average Bonchev–Trinajstić information content (AvgIpc) is 3.14. The molecule has 0 atom stereocenters. The highest BCUT2D eigenvalue weighted by molar-refractivity contribution is 7.71. The standard InChI is InChI=1S/C22H16N2O2S/c25-20(16-8-2-1-3-9-16)14-18(21-23-24-22(27)26-21)13-17-11-6-10-15-7-4-5-12-19(15)17/h1-13H,14H2,(H,24,27)/b18-13-. The lowest BCUT2D eigenvalue weighted by molar-refractivity contribution is 0.0998. The Hall–Kier alpha value is -3.31. The highest BCUT2D eigenvalue weighted by Gasteiger charge is 2.15. The van der Waals surface area contributed by atoms with Gasteiger partial charge in [0.1, 0.15) is 0 Å². The topological polar surface area (TPSA) is 58.9 Å². The van der Waals surface area contributed by atoms with E-state index in [4.69, 9.17) is 16.6 Å². The molecule has 0 spiro atoms. The molecule has 4 aromatic rings. The van der Waals surface area contributed by atoms with Crippen LogP contribution in [0.1, 0.15) is 28.2 Å². The van der Waals surface area contributed by atoms with Gasteiger partial charge in [-0.3, -0.25) is 4.79 Å². The molecular formula is C22H16N2O2S. The van der Waals surface area contributed by atoms with E-state index in [1.165, 1.54) is 0 Å². The van der Waals surface area contributed by atoms with Gasteiger partial charge < -0.3 is 4.42 Å². The maximum atomic E-state index is 12.7. The van der Waals surface area contributed by atoms with E-state index in [9.17, 15) is 4.79 Å². The number of allylic oxidation sites excluding steroid dienone is 1. The van der Waals surface area contributed by atoms with Gasteiger partial charge in [-0.05, 0) is 34.6 Å². The molecule has 1 heterocycles. The fourth-order valence-electron chi connectivity index (χ4n) is 3.02. The van der Waals surface area contributed by atoms with Gasteiger partial charge in [-0.25, -0.2) is 5.10 Å². The minimum atomic E-state index is -0.00814. The van der Waals surface area contributed by atoms with Crippen molar-refractivity contribution in [2.75, 3.05) is 0 Å². The first kappa shape index (κ1) is 17.1. The number of aromatic amines is 1. The third-order valence-corrected chi connectivity index (χ3v) is 4.49. The molecule has 0 bridgehead atoms. The summed E-state index contributed by atoms with van der Waals surface area (Å²) in [5, 5.41) is 8.98. The molecule has 4 rings (SSSR count). The van der Waals surface area contributed by atoms with Gasteiger partial charge in [-0.1, -0.05) is 72.8 Å². The fourth-order valence-corrected chi connectivity index (χ4v) is 3.14. The predicted octanol–water partition coefficient (Wildman–Crippen LogP) is 5.70. The highest BCUT2D eigenvalue weighted by atomic mass is 32.1. The van der Waals surface area contributed by atoms with Gasteiger partial charge in [-0.15, -0.1) is 5.10 Å². The van der Waals surface area contributed by atoms with Gasteiger partial charge in [-0.2, -0.15) is 0 Å². The lowest BCUT2D eigenvalue weighted by Gasteiger charge is -2.06. The molecule has 4 nitrogen and oxygen atoms in total. The Kier molecular flexibility index (Phi) is 4.77. The maximum Gasteiger partial charge on any atom is 0.284 e. The summed E-state index contributed by atoms with van der Waals surface area (Å²) >= 11 is 5.00. The number of benzene rings is 3. The maximum absolute atomic E-state index is 12.7. The van der Waals surface area contributed by atoms with Crippen LogP contribution in [0.15, 0.2) is 77.2 Å². The second-order valence-electron chi connectivity index (χ2n) is 6.12. The molecular weight excluding hydrogens is 356 g/mol. The van der Waals surface area contributed by atoms with Crippen LogP contribution in [0.3, 0.4) is 0 Å². The van der Waals surface area contributed by atoms with Crippen LogP contribution in [0, 0.1) is 4.84 Å².